The van der Waals surface area contributed by atoms with Gasteiger partial charge in [-0.2, -0.15) is 11.8 Å². The lowest BCUT2D eigenvalue weighted by Crippen LogP contribution is -2.39. The van der Waals surface area contributed by atoms with Crippen molar-refractivity contribution in [1.29, 1.82) is 0 Å². The second-order valence-corrected chi connectivity index (χ2v) is 5.28. The Morgan fingerprint density at radius 3 is 2.80 bits per heavy atom. The third-order valence-electron chi connectivity index (χ3n) is 2.64. The first-order valence-corrected chi connectivity index (χ1v) is 7.80. The van der Waals surface area contributed by atoms with Crippen molar-refractivity contribution in [3.05, 3.63) is 48.3 Å². The lowest BCUT2D eigenvalue weighted by atomic mass is 10.1. The summed E-state index contributed by atoms with van der Waals surface area (Å²) in [7, 11) is 1.73. The molecule has 0 saturated heterocycles. The zero-order valence-corrected chi connectivity index (χ0v) is 12.7. The van der Waals surface area contributed by atoms with E-state index in [4.69, 9.17) is 0 Å². The third kappa shape index (κ3) is 6.61. The van der Waals surface area contributed by atoms with E-state index in [-0.39, 0.29) is 5.82 Å². The van der Waals surface area contributed by atoms with E-state index >= 15 is 0 Å². The lowest BCUT2D eigenvalue weighted by Gasteiger charge is -2.11. The van der Waals surface area contributed by atoms with E-state index in [9.17, 15) is 4.39 Å². The molecule has 5 heteroatoms. The Bertz CT molecular complexity index is 435. The Kier molecular flexibility index (Phi) is 8.54. The molecule has 1 aromatic rings. The number of guanidine groups is 1. The fourth-order valence-corrected chi connectivity index (χ4v) is 2.23. The minimum absolute atomic E-state index is 0.155. The van der Waals surface area contributed by atoms with Crippen molar-refractivity contribution in [2.24, 2.45) is 4.99 Å². The number of rotatable bonds is 8. The van der Waals surface area contributed by atoms with Crippen LogP contribution in [0.2, 0.25) is 0 Å². The average molecular weight is 295 g/mol. The summed E-state index contributed by atoms with van der Waals surface area (Å²) in [5.41, 5.74) is 0.719. The Labute approximate surface area is 124 Å². The van der Waals surface area contributed by atoms with Crippen LogP contribution in [-0.2, 0) is 6.42 Å². The van der Waals surface area contributed by atoms with Crippen molar-refractivity contribution in [3.8, 4) is 0 Å². The van der Waals surface area contributed by atoms with Gasteiger partial charge in [0.15, 0.2) is 5.96 Å². The second kappa shape index (κ2) is 10.3. The number of thioether (sulfide) groups is 1. The van der Waals surface area contributed by atoms with Crippen LogP contribution in [-0.4, -0.2) is 37.6 Å². The van der Waals surface area contributed by atoms with Crippen LogP contribution in [0, 0.1) is 5.82 Å². The van der Waals surface area contributed by atoms with Gasteiger partial charge in [0, 0.05) is 31.6 Å². The molecule has 20 heavy (non-hydrogen) atoms. The summed E-state index contributed by atoms with van der Waals surface area (Å²) in [6.07, 6.45) is 2.53. The lowest BCUT2D eigenvalue weighted by molar-refractivity contribution is 0.607. The van der Waals surface area contributed by atoms with E-state index in [0.29, 0.717) is 13.0 Å². The molecular weight excluding hydrogens is 273 g/mol. The molecule has 0 fully saturated rings. The number of nitrogens with zero attached hydrogens (tertiary/aromatic N) is 1. The summed E-state index contributed by atoms with van der Waals surface area (Å²) in [5, 5.41) is 6.40. The van der Waals surface area contributed by atoms with Gasteiger partial charge in [0.2, 0.25) is 0 Å². The van der Waals surface area contributed by atoms with Crippen LogP contribution >= 0.6 is 11.8 Å². The van der Waals surface area contributed by atoms with Crippen molar-refractivity contribution in [3.63, 3.8) is 0 Å². The summed E-state index contributed by atoms with van der Waals surface area (Å²) in [6.45, 7) is 5.18. The molecule has 3 nitrogen and oxygen atoms in total. The zero-order chi connectivity index (χ0) is 14.6. The van der Waals surface area contributed by atoms with Gasteiger partial charge in [-0.3, -0.25) is 4.99 Å². The predicted molar refractivity (Wildman–Crippen MR) is 87.0 cm³/mol. The number of benzene rings is 1. The first-order valence-electron chi connectivity index (χ1n) is 6.64. The Morgan fingerprint density at radius 1 is 1.35 bits per heavy atom. The fourth-order valence-electron chi connectivity index (χ4n) is 1.65. The molecule has 0 amide bonds. The number of hydrogen-bond acceptors (Lipinski definition) is 2. The van der Waals surface area contributed by atoms with Crippen LogP contribution < -0.4 is 10.6 Å². The highest BCUT2D eigenvalue weighted by atomic mass is 32.2. The van der Waals surface area contributed by atoms with Crippen LogP contribution in [0.5, 0.6) is 0 Å². The van der Waals surface area contributed by atoms with Gasteiger partial charge in [-0.05, 0) is 18.1 Å². The topological polar surface area (TPSA) is 36.4 Å². The normalized spacial score (nSPS) is 11.2. The van der Waals surface area contributed by atoms with Crippen LogP contribution in [0.3, 0.4) is 0 Å². The summed E-state index contributed by atoms with van der Waals surface area (Å²) in [6, 6.07) is 6.84. The molecule has 1 aromatic carbocycles. The summed E-state index contributed by atoms with van der Waals surface area (Å²) >= 11 is 1.82. The second-order valence-electron chi connectivity index (χ2n) is 4.13. The minimum Gasteiger partial charge on any atom is -0.356 e. The van der Waals surface area contributed by atoms with Gasteiger partial charge >= 0.3 is 0 Å². The van der Waals surface area contributed by atoms with Crippen molar-refractivity contribution in [2.75, 3.05) is 31.6 Å². The first kappa shape index (κ1) is 16.6. The molecule has 0 aromatic heterocycles. The number of nitrogens with one attached hydrogen (secondary N) is 2. The molecule has 0 aliphatic rings. The molecule has 0 bridgehead atoms. The van der Waals surface area contributed by atoms with Crippen LogP contribution in [0.25, 0.3) is 0 Å². The number of aliphatic imine (C=N–C) groups is 1. The molecule has 0 heterocycles. The van der Waals surface area contributed by atoms with Crippen molar-refractivity contribution in [2.45, 2.75) is 6.42 Å². The van der Waals surface area contributed by atoms with Crippen LogP contribution in [0.15, 0.2) is 41.9 Å². The molecule has 0 unspecified atom stereocenters. The van der Waals surface area contributed by atoms with Crippen molar-refractivity contribution < 1.29 is 4.39 Å². The molecule has 110 valence electrons. The van der Waals surface area contributed by atoms with Gasteiger partial charge in [-0.25, -0.2) is 4.39 Å². The zero-order valence-electron chi connectivity index (χ0n) is 11.9. The molecule has 0 aliphatic heterocycles. The largest absolute Gasteiger partial charge is 0.356 e. The average Bonchev–Trinajstić information content (AvgIpc) is 2.47. The van der Waals surface area contributed by atoms with E-state index in [1.165, 1.54) is 6.07 Å². The molecule has 2 N–H and O–H groups in total. The quantitative estimate of drug-likeness (QED) is 0.335. The maximum absolute atomic E-state index is 13.4. The van der Waals surface area contributed by atoms with Gasteiger partial charge in [-0.1, -0.05) is 24.3 Å². The fraction of sp³-hybridized carbons (Fsp3) is 0.400. The van der Waals surface area contributed by atoms with Crippen LogP contribution in [0.4, 0.5) is 4.39 Å². The SMILES string of the molecule is C=CCSCCNC(=NC)NCCc1ccccc1F. The van der Waals surface area contributed by atoms with Gasteiger partial charge < -0.3 is 10.6 Å². The van der Waals surface area contributed by atoms with E-state index in [2.05, 4.69) is 22.2 Å². The summed E-state index contributed by atoms with van der Waals surface area (Å²) < 4.78 is 13.4. The first-order chi connectivity index (χ1) is 9.77. The van der Waals surface area contributed by atoms with Crippen molar-refractivity contribution in [1.82, 2.24) is 10.6 Å². The Hall–Kier alpha value is -1.49. The molecular formula is C15H22FN3S. The highest BCUT2D eigenvalue weighted by molar-refractivity contribution is 7.99. The standard InChI is InChI=1S/C15H22FN3S/c1-3-11-20-12-10-19-15(17-2)18-9-8-13-6-4-5-7-14(13)16/h3-7H,1,8-12H2,2H3,(H2,17,18,19). The third-order valence-corrected chi connectivity index (χ3v) is 3.61. The van der Waals surface area contributed by atoms with Gasteiger partial charge in [0.25, 0.3) is 0 Å². The number of halogens is 1. The van der Waals surface area contributed by atoms with Crippen molar-refractivity contribution >= 4 is 17.7 Å². The maximum atomic E-state index is 13.4. The Balaban J connectivity index is 2.21. The minimum atomic E-state index is -0.155. The van der Waals surface area contributed by atoms with E-state index in [0.717, 1.165) is 29.6 Å². The van der Waals surface area contributed by atoms with E-state index < -0.39 is 0 Å². The molecule has 0 spiro atoms. The van der Waals surface area contributed by atoms with Gasteiger partial charge in [0.1, 0.15) is 5.82 Å². The summed E-state index contributed by atoms with van der Waals surface area (Å²) in [5.74, 6) is 2.56. The molecule has 0 radical (unpaired) electrons. The van der Waals surface area contributed by atoms with E-state index in [1.807, 2.05) is 23.9 Å². The molecule has 0 saturated carbocycles. The summed E-state index contributed by atoms with van der Waals surface area (Å²) in [4.78, 5) is 4.13. The molecule has 0 atom stereocenters. The Morgan fingerprint density at radius 2 is 2.10 bits per heavy atom. The van der Waals surface area contributed by atoms with Gasteiger partial charge in [0.05, 0.1) is 0 Å². The predicted octanol–water partition coefficient (Wildman–Crippen LogP) is 2.45. The molecule has 0 aliphatic carbocycles. The van der Waals surface area contributed by atoms with E-state index in [1.54, 1.807) is 19.2 Å². The van der Waals surface area contributed by atoms with Gasteiger partial charge in [-0.15, -0.1) is 6.58 Å². The smallest absolute Gasteiger partial charge is 0.191 e. The highest BCUT2D eigenvalue weighted by Crippen LogP contribution is 2.06. The monoisotopic (exact) mass is 295 g/mol. The maximum Gasteiger partial charge on any atom is 0.191 e. The highest BCUT2D eigenvalue weighted by Gasteiger charge is 2.01. The number of hydrogen-bond donors (Lipinski definition) is 2. The molecule has 1 rings (SSSR count). The van der Waals surface area contributed by atoms with Crippen LogP contribution in [0.1, 0.15) is 5.56 Å².